The van der Waals surface area contributed by atoms with E-state index in [1.54, 1.807) is 6.92 Å². The smallest absolute Gasteiger partial charge is 0.323 e. The summed E-state index contributed by atoms with van der Waals surface area (Å²) < 4.78 is 48.2. The third kappa shape index (κ3) is 8.81. The lowest BCUT2D eigenvalue weighted by molar-refractivity contribution is -0.146. The van der Waals surface area contributed by atoms with Crippen molar-refractivity contribution in [2.24, 2.45) is 5.92 Å². The lowest BCUT2D eigenvalue weighted by atomic mass is 10.0. The monoisotopic (exact) mass is 702 g/mol. The molecule has 3 aromatic rings. The Hall–Kier alpha value is -3.79. The van der Waals surface area contributed by atoms with Crippen molar-refractivity contribution in [1.82, 2.24) is 19.9 Å². The van der Waals surface area contributed by atoms with E-state index >= 15 is 0 Å². The predicted molar refractivity (Wildman–Crippen MR) is 184 cm³/mol. The van der Waals surface area contributed by atoms with E-state index in [1.807, 2.05) is 67.3 Å². The van der Waals surface area contributed by atoms with Crippen LogP contribution in [-0.2, 0) is 35.4 Å². The number of hydrogen-bond donors (Lipinski definition) is 4. The van der Waals surface area contributed by atoms with E-state index in [2.05, 4.69) is 32.1 Å². The van der Waals surface area contributed by atoms with E-state index in [1.165, 1.54) is 12.1 Å². The molecule has 260 valence electrons. The van der Waals surface area contributed by atoms with Gasteiger partial charge in [0.2, 0.25) is 16.0 Å². The molecule has 1 saturated heterocycles. The van der Waals surface area contributed by atoms with Crippen LogP contribution in [0.3, 0.4) is 0 Å². The maximum absolute atomic E-state index is 13.0. The minimum absolute atomic E-state index is 0.0124. The number of sulfonamides is 1. The number of rotatable bonds is 14. The number of ether oxygens (including phenoxy) is 2. The Kier molecular flexibility index (Phi) is 11.2. The molecule has 2 aromatic carbocycles. The topological polar surface area (TPSA) is 182 Å². The van der Waals surface area contributed by atoms with Crippen molar-refractivity contribution >= 4 is 47.8 Å². The molecule has 1 fully saturated rings. The highest BCUT2D eigenvalue weighted by molar-refractivity contribution is 7.88. The quantitative estimate of drug-likeness (QED) is 0.109. The number of nitrogens with one attached hydrogen (secondary N) is 3. The van der Waals surface area contributed by atoms with Gasteiger partial charge in [-0.3, -0.25) is 9.80 Å². The number of anilines is 4. The third-order valence-electron chi connectivity index (χ3n) is 7.93. The van der Waals surface area contributed by atoms with Crippen LogP contribution in [0.2, 0.25) is 0 Å². The molecule has 5 N–H and O–H groups in total. The first-order valence-electron chi connectivity index (χ1n) is 15.5. The van der Waals surface area contributed by atoms with Gasteiger partial charge in [0.15, 0.2) is 11.6 Å². The average Bonchev–Trinajstić information content (AvgIpc) is 3.61. The zero-order valence-electron chi connectivity index (χ0n) is 27.8. The highest BCUT2D eigenvalue weighted by Gasteiger charge is 2.41. The highest BCUT2D eigenvalue weighted by Crippen LogP contribution is 2.43. The first kappa shape index (κ1) is 35.5. The van der Waals surface area contributed by atoms with E-state index in [0.717, 1.165) is 22.9 Å². The van der Waals surface area contributed by atoms with Gasteiger partial charge in [0.05, 0.1) is 25.6 Å². The molecular weight excluding hydrogens is 659 g/mol. The Bertz CT molecular complexity index is 1680. The van der Waals surface area contributed by atoms with Crippen LogP contribution >= 0.6 is 8.53 Å². The SMILES string of the molecule is Cc1cccc(C)c1COC(=O)C(C)NP(OCC1CC(C)C(N2CNc3c(N(C)NS(C)(=O)=O)nc(N)nc32)O1)Oc1ccccc1. The third-order valence-corrected chi connectivity index (χ3v) is 9.90. The molecule has 0 aliphatic carbocycles. The molecule has 5 atom stereocenters. The number of carbonyl (C=O) groups is 1. The lowest BCUT2D eigenvalue weighted by Gasteiger charge is -2.28. The van der Waals surface area contributed by atoms with Crippen LogP contribution in [0.5, 0.6) is 5.75 Å². The number of nitrogens with two attached hydrogens (primary N) is 1. The maximum atomic E-state index is 13.0. The number of hydrogen-bond acceptors (Lipinski definition) is 14. The summed E-state index contributed by atoms with van der Waals surface area (Å²) in [4.78, 5) is 26.0. The Balaban J connectivity index is 1.23. The van der Waals surface area contributed by atoms with Gasteiger partial charge < -0.3 is 34.5 Å². The molecule has 2 aliphatic rings. The maximum Gasteiger partial charge on any atom is 0.323 e. The largest absolute Gasteiger partial charge is 0.460 e. The normalized spacial score (nSPS) is 20.1. The van der Waals surface area contributed by atoms with Crippen molar-refractivity contribution in [1.29, 1.82) is 0 Å². The standard InChI is InChI=1S/C31H43N8O7PS/c1-19-11-10-12-20(2)25(19)17-43-30(40)22(4)36-47(46-23-13-8-7-9-14-23)44-16-24-15-21(3)29(45-24)39-18-33-26-27(34-31(32)35-28(26)39)38(5)37-48(6,41)42/h7-14,21-22,24,29,33,36-37H,15-18H2,1-6H3,(H2,32,34,35). The molecule has 17 heteroatoms. The Morgan fingerprint density at radius 1 is 1.19 bits per heavy atom. The van der Waals surface area contributed by atoms with Gasteiger partial charge in [0, 0.05) is 13.0 Å². The fraction of sp³-hybridized carbons (Fsp3) is 0.452. The second-order valence-electron chi connectivity index (χ2n) is 12.0. The van der Waals surface area contributed by atoms with Crippen molar-refractivity contribution in [2.45, 2.75) is 59.1 Å². The van der Waals surface area contributed by atoms with E-state index in [-0.39, 0.29) is 43.2 Å². The number of esters is 1. The van der Waals surface area contributed by atoms with Crippen LogP contribution in [0.15, 0.2) is 48.5 Å². The number of benzene rings is 2. The Morgan fingerprint density at radius 3 is 2.58 bits per heavy atom. The molecule has 48 heavy (non-hydrogen) atoms. The predicted octanol–water partition coefficient (Wildman–Crippen LogP) is 3.56. The van der Waals surface area contributed by atoms with Gasteiger partial charge in [-0.2, -0.15) is 9.97 Å². The number of nitrogen functional groups attached to an aromatic ring is 1. The number of nitrogens with zero attached hydrogens (tertiary/aromatic N) is 4. The van der Waals surface area contributed by atoms with E-state index in [0.29, 0.717) is 30.3 Å². The fourth-order valence-corrected chi connectivity index (χ4v) is 7.38. The number of hydrazine groups is 1. The lowest BCUT2D eigenvalue weighted by Crippen LogP contribution is -2.39. The highest BCUT2D eigenvalue weighted by atomic mass is 32.2. The number of fused-ring (bicyclic) bond motifs is 1. The second kappa shape index (κ2) is 15.2. The molecule has 0 spiro atoms. The van der Waals surface area contributed by atoms with Gasteiger partial charge >= 0.3 is 14.5 Å². The molecule has 5 rings (SSSR count). The van der Waals surface area contributed by atoms with Gasteiger partial charge in [-0.1, -0.05) is 43.3 Å². The van der Waals surface area contributed by atoms with Crippen LogP contribution in [0.1, 0.15) is 37.0 Å². The van der Waals surface area contributed by atoms with Gasteiger partial charge in [0.1, 0.15) is 30.3 Å². The average molecular weight is 703 g/mol. The summed E-state index contributed by atoms with van der Waals surface area (Å²) in [5.41, 5.74) is 9.67. The van der Waals surface area contributed by atoms with E-state index < -0.39 is 30.6 Å². The summed E-state index contributed by atoms with van der Waals surface area (Å²) >= 11 is 0. The summed E-state index contributed by atoms with van der Waals surface area (Å²) in [7, 11) is -3.79. The summed E-state index contributed by atoms with van der Waals surface area (Å²) in [6.07, 6.45) is 1.06. The minimum Gasteiger partial charge on any atom is -0.460 e. The second-order valence-corrected chi connectivity index (χ2v) is 14.9. The molecule has 2 aliphatic heterocycles. The minimum atomic E-state index is -3.56. The summed E-state index contributed by atoms with van der Waals surface area (Å²) in [5.74, 6) is 1.02. The van der Waals surface area contributed by atoms with Crippen molar-refractivity contribution in [3.05, 3.63) is 65.2 Å². The first-order valence-corrected chi connectivity index (χ1v) is 18.5. The van der Waals surface area contributed by atoms with Gasteiger partial charge in [-0.05, 0) is 56.0 Å². The zero-order valence-corrected chi connectivity index (χ0v) is 29.5. The number of carbonyl (C=O) groups excluding carboxylic acids is 1. The molecule has 0 radical (unpaired) electrons. The van der Waals surface area contributed by atoms with Crippen molar-refractivity contribution in [3.8, 4) is 5.75 Å². The van der Waals surface area contributed by atoms with E-state index in [9.17, 15) is 13.2 Å². The summed E-state index contributed by atoms with van der Waals surface area (Å²) in [6.45, 7) is 8.49. The summed E-state index contributed by atoms with van der Waals surface area (Å²) in [6, 6.07) is 14.5. The van der Waals surface area contributed by atoms with Crippen LogP contribution in [-0.4, -0.2) is 69.3 Å². The van der Waals surface area contributed by atoms with Crippen LogP contribution in [0.4, 0.5) is 23.3 Å². The van der Waals surface area contributed by atoms with Crippen LogP contribution < -0.4 is 35.4 Å². The van der Waals surface area contributed by atoms with Gasteiger partial charge in [-0.25, -0.2) is 13.5 Å². The molecule has 3 heterocycles. The first-order chi connectivity index (χ1) is 22.8. The van der Waals surface area contributed by atoms with Crippen molar-refractivity contribution < 1.29 is 31.7 Å². The Morgan fingerprint density at radius 2 is 1.90 bits per heavy atom. The number of aryl methyl sites for hydroxylation is 2. The molecule has 0 saturated carbocycles. The summed E-state index contributed by atoms with van der Waals surface area (Å²) in [5, 5.41) is 7.70. The molecule has 1 aromatic heterocycles. The molecule has 15 nitrogen and oxygen atoms in total. The molecule has 0 amide bonds. The van der Waals surface area contributed by atoms with Crippen molar-refractivity contribution in [2.75, 3.05) is 47.5 Å². The van der Waals surface area contributed by atoms with Crippen LogP contribution in [0.25, 0.3) is 0 Å². The number of para-hydroxylation sites is 1. The van der Waals surface area contributed by atoms with E-state index in [4.69, 9.17) is 24.3 Å². The van der Waals surface area contributed by atoms with Gasteiger partial charge in [0.25, 0.3) is 0 Å². The van der Waals surface area contributed by atoms with Crippen LogP contribution in [0, 0.1) is 19.8 Å². The van der Waals surface area contributed by atoms with Gasteiger partial charge in [-0.15, -0.1) is 4.83 Å². The van der Waals surface area contributed by atoms with Crippen molar-refractivity contribution in [3.63, 3.8) is 0 Å². The Labute approximate surface area is 282 Å². The molecular formula is C31H43N8O7PS. The fourth-order valence-electron chi connectivity index (χ4n) is 5.58. The molecule has 0 bridgehead atoms. The zero-order chi connectivity index (χ0) is 34.6. The molecule has 5 unspecified atom stereocenters. The number of aromatic nitrogens is 2.